The molecule has 0 spiro atoms. The third-order valence-corrected chi connectivity index (χ3v) is 2.74. The second-order valence-electron chi connectivity index (χ2n) is 3.75. The van der Waals surface area contributed by atoms with E-state index in [4.69, 9.17) is 5.84 Å². The topological polar surface area (TPSA) is 96.2 Å². The Kier molecular flexibility index (Phi) is 2.39. The molecular weight excluding hydrogens is 208 g/mol. The fourth-order valence-electron chi connectivity index (χ4n) is 1.61. The van der Waals surface area contributed by atoms with Gasteiger partial charge >= 0.3 is 0 Å². The van der Waals surface area contributed by atoms with Gasteiger partial charge in [-0.15, -0.1) is 0 Å². The maximum absolute atomic E-state index is 11.6. The zero-order valence-electron chi connectivity index (χ0n) is 9.40. The number of amides is 1. The van der Waals surface area contributed by atoms with Gasteiger partial charge in [-0.1, -0.05) is 0 Å². The predicted molar refractivity (Wildman–Crippen MR) is 61.1 cm³/mol. The Morgan fingerprint density at radius 1 is 1.50 bits per heavy atom. The van der Waals surface area contributed by atoms with Gasteiger partial charge in [0.15, 0.2) is 5.82 Å². The summed E-state index contributed by atoms with van der Waals surface area (Å²) in [5.74, 6) is 6.23. The number of likely N-dealkylation sites (N-methyl/N-ethyl adjacent to an activating group) is 1. The number of hydrogen-bond acceptors (Lipinski definition) is 6. The molecule has 1 aromatic rings. The highest BCUT2D eigenvalue weighted by Gasteiger charge is 2.29. The number of fused-ring (bicyclic) bond motifs is 1. The first-order chi connectivity index (χ1) is 7.54. The molecule has 1 aliphatic rings. The molecule has 16 heavy (non-hydrogen) atoms. The number of carbonyl (C=O) groups is 1. The minimum absolute atomic E-state index is 0.0600. The van der Waals surface area contributed by atoms with Gasteiger partial charge < -0.3 is 10.2 Å². The quantitative estimate of drug-likeness (QED) is 0.451. The number of hydrazine groups is 1. The van der Waals surface area contributed by atoms with Gasteiger partial charge in [0.25, 0.3) is 0 Å². The van der Waals surface area contributed by atoms with Crippen LogP contribution < -0.4 is 21.5 Å². The fraction of sp³-hybridized carbons (Fsp3) is 0.444. The zero-order valence-corrected chi connectivity index (χ0v) is 9.40. The lowest BCUT2D eigenvalue weighted by Gasteiger charge is -2.32. The van der Waals surface area contributed by atoms with Crippen molar-refractivity contribution in [3.8, 4) is 0 Å². The van der Waals surface area contributed by atoms with Crippen LogP contribution in [0, 0.1) is 6.92 Å². The van der Waals surface area contributed by atoms with E-state index in [-0.39, 0.29) is 11.9 Å². The maximum atomic E-state index is 11.6. The minimum Gasteiger partial charge on any atom is -0.346 e. The second-order valence-corrected chi connectivity index (χ2v) is 3.75. The summed E-state index contributed by atoms with van der Waals surface area (Å²) >= 11 is 0. The van der Waals surface area contributed by atoms with Gasteiger partial charge in [-0.3, -0.25) is 10.2 Å². The Morgan fingerprint density at radius 2 is 2.19 bits per heavy atom. The number of anilines is 3. The molecule has 86 valence electrons. The number of hydrogen-bond donors (Lipinski definition) is 3. The van der Waals surface area contributed by atoms with Crippen LogP contribution >= 0.6 is 0 Å². The van der Waals surface area contributed by atoms with Crippen molar-refractivity contribution < 1.29 is 4.79 Å². The molecule has 0 bridgehead atoms. The number of nitrogens with one attached hydrogen (secondary N) is 2. The summed E-state index contributed by atoms with van der Waals surface area (Å²) < 4.78 is 0. The normalized spacial score (nSPS) is 19.1. The van der Waals surface area contributed by atoms with Crippen molar-refractivity contribution >= 4 is 23.4 Å². The van der Waals surface area contributed by atoms with Crippen LogP contribution in [0.2, 0.25) is 0 Å². The summed E-state index contributed by atoms with van der Waals surface area (Å²) in [4.78, 5) is 21.8. The van der Waals surface area contributed by atoms with E-state index in [1.807, 2.05) is 14.0 Å². The van der Waals surface area contributed by atoms with Crippen molar-refractivity contribution in [3.05, 3.63) is 5.69 Å². The summed E-state index contributed by atoms with van der Waals surface area (Å²) in [7, 11) is 1.81. The van der Waals surface area contributed by atoms with Gasteiger partial charge in [-0.25, -0.2) is 10.8 Å². The van der Waals surface area contributed by atoms with Crippen LogP contribution in [0.5, 0.6) is 0 Å². The van der Waals surface area contributed by atoms with E-state index in [0.29, 0.717) is 23.1 Å². The number of aromatic nitrogens is 2. The lowest BCUT2D eigenvalue weighted by molar-refractivity contribution is -0.117. The number of nitrogens with zero attached hydrogens (tertiary/aromatic N) is 3. The summed E-state index contributed by atoms with van der Waals surface area (Å²) in [5.41, 5.74) is 3.73. The Balaban J connectivity index is 2.56. The lowest BCUT2D eigenvalue weighted by Crippen LogP contribution is -2.44. The van der Waals surface area contributed by atoms with E-state index >= 15 is 0 Å². The molecular formula is C9H14N6O. The molecule has 0 radical (unpaired) electrons. The van der Waals surface area contributed by atoms with E-state index < -0.39 is 0 Å². The van der Waals surface area contributed by atoms with Crippen LogP contribution in [-0.2, 0) is 4.79 Å². The van der Waals surface area contributed by atoms with Crippen molar-refractivity contribution in [2.75, 3.05) is 22.7 Å². The van der Waals surface area contributed by atoms with Crippen LogP contribution in [0.15, 0.2) is 0 Å². The van der Waals surface area contributed by atoms with Crippen LogP contribution in [0.4, 0.5) is 17.5 Å². The molecule has 1 aromatic heterocycles. The number of aryl methyl sites for hydroxylation is 1. The first-order valence-electron chi connectivity index (χ1n) is 4.93. The molecule has 0 saturated carbocycles. The van der Waals surface area contributed by atoms with E-state index in [1.54, 1.807) is 11.8 Å². The Labute approximate surface area is 93.0 Å². The second kappa shape index (κ2) is 3.60. The number of nitrogen functional groups attached to an aromatic ring is 1. The molecule has 2 heterocycles. The van der Waals surface area contributed by atoms with Crippen molar-refractivity contribution in [1.29, 1.82) is 0 Å². The number of carbonyl (C=O) groups excluding carboxylic acids is 1. The molecule has 0 unspecified atom stereocenters. The zero-order chi connectivity index (χ0) is 11.9. The Bertz CT molecular complexity index is 446. The molecule has 1 atom stereocenters. The molecule has 0 fully saturated rings. The SMILES string of the molecule is Cc1nc(NN)nc2c1NC(=O)[C@H](C)N2C. The summed E-state index contributed by atoms with van der Waals surface area (Å²) in [6, 6.07) is -0.257. The number of rotatable bonds is 1. The fourth-order valence-corrected chi connectivity index (χ4v) is 1.61. The van der Waals surface area contributed by atoms with Crippen LogP contribution in [0.3, 0.4) is 0 Å². The van der Waals surface area contributed by atoms with E-state index in [0.717, 1.165) is 0 Å². The van der Waals surface area contributed by atoms with Gasteiger partial charge in [0.05, 0.1) is 5.69 Å². The molecule has 4 N–H and O–H groups in total. The van der Waals surface area contributed by atoms with Gasteiger partial charge in [0.1, 0.15) is 11.7 Å². The van der Waals surface area contributed by atoms with Crippen molar-refractivity contribution in [2.45, 2.75) is 19.9 Å². The van der Waals surface area contributed by atoms with E-state index in [2.05, 4.69) is 20.7 Å². The first kappa shape index (κ1) is 10.6. The summed E-state index contributed by atoms with van der Waals surface area (Å²) in [6.07, 6.45) is 0. The van der Waals surface area contributed by atoms with Crippen LogP contribution in [0.1, 0.15) is 12.6 Å². The highest BCUT2D eigenvalue weighted by atomic mass is 16.2. The smallest absolute Gasteiger partial charge is 0.246 e. The third-order valence-electron chi connectivity index (χ3n) is 2.74. The highest BCUT2D eigenvalue weighted by molar-refractivity contribution is 6.03. The van der Waals surface area contributed by atoms with Gasteiger partial charge in [0, 0.05) is 7.05 Å². The van der Waals surface area contributed by atoms with Crippen molar-refractivity contribution in [1.82, 2.24) is 9.97 Å². The van der Waals surface area contributed by atoms with Crippen LogP contribution in [0.25, 0.3) is 0 Å². The lowest BCUT2D eigenvalue weighted by atomic mass is 10.2. The predicted octanol–water partition coefficient (Wildman–Crippen LogP) is -0.153. The van der Waals surface area contributed by atoms with Crippen molar-refractivity contribution in [2.24, 2.45) is 5.84 Å². The Hall–Kier alpha value is -1.89. The third kappa shape index (κ3) is 1.45. The van der Waals surface area contributed by atoms with Gasteiger partial charge in [-0.05, 0) is 13.8 Å². The highest BCUT2D eigenvalue weighted by Crippen LogP contribution is 2.31. The van der Waals surface area contributed by atoms with E-state index in [1.165, 1.54) is 0 Å². The standard InChI is InChI=1S/C9H14N6O/c1-4-6-7(13-9(11-4)14-10)15(3)5(2)8(16)12-6/h5H,10H2,1-3H3,(H,12,16)(H,11,13,14)/t5-/m0/s1. The molecule has 7 nitrogen and oxygen atoms in total. The Morgan fingerprint density at radius 3 is 2.81 bits per heavy atom. The summed E-state index contributed by atoms with van der Waals surface area (Å²) in [5, 5.41) is 2.79. The van der Waals surface area contributed by atoms with Crippen molar-refractivity contribution in [3.63, 3.8) is 0 Å². The van der Waals surface area contributed by atoms with Gasteiger partial charge in [0.2, 0.25) is 11.9 Å². The molecule has 7 heteroatoms. The maximum Gasteiger partial charge on any atom is 0.246 e. The molecule has 0 aromatic carbocycles. The van der Waals surface area contributed by atoms with E-state index in [9.17, 15) is 4.79 Å². The molecule has 0 saturated heterocycles. The molecule has 1 aliphatic heterocycles. The molecule has 0 aliphatic carbocycles. The van der Waals surface area contributed by atoms with Crippen LogP contribution in [-0.4, -0.2) is 29.0 Å². The average molecular weight is 222 g/mol. The average Bonchev–Trinajstić information content (AvgIpc) is 2.27. The largest absolute Gasteiger partial charge is 0.346 e. The van der Waals surface area contributed by atoms with Gasteiger partial charge in [-0.2, -0.15) is 4.98 Å². The number of nitrogens with two attached hydrogens (primary N) is 1. The summed E-state index contributed by atoms with van der Waals surface area (Å²) in [6.45, 7) is 3.61. The molecule has 2 rings (SSSR count). The monoisotopic (exact) mass is 222 g/mol. The minimum atomic E-state index is -0.257. The first-order valence-corrected chi connectivity index (χ1v) is 4.93. The molecule has 1 amide bonds.